The zero-order valence-corrected chi connectivity index (χ0v) is 15.0. The predicted octanol–water partition coefficient (Wildman–Crippen LogP) is 3.59. The van der Waals surface area contributed by atoms with Crippen molar-refractivity contribution in [2.24, 2.45) is 0 Å². The molecule has 1 fully saturated rings. The fraction of sp³-hybridized carbons (Fsp3) is 0.500. The zero-order valence-electron chi connectivity index (χ0n) is 15.0. The number of halogens is 1. The molecule has 1 aliphatic heterocycles. The summed E-state index contributed by atoms with van der Waals surface area (Å²) >= 11 is 0. The van der Waals surface area contributed by atoms with Crippen LogP contribution in [-0.2, 0) is 13.2 Å². The van der Waals surface area contributed by atoms with Gasteiger partial charge in [-0.05, 0) is 50.8 Å². The van der Waals surface area contributed by atoms with Gasteiger partial charge < -0.3 is 9.64 Å². The molecule has 1 aromatic heterocycles. The number of benzene rings is 1. The lowest BCUT2D eigenvalue weighted by Crippen LogP contribution is -2.49. The molecule has 2 heterocycles. The maximum Gasteiger partial charge on any atom is 0.272 e. The Bertz CT molecular complexity index is 778. The van der Waals surface area contributed by atoms with Gasteiger partial charge in [-0.1, -0.05) is 18.2 Å². The van der Waals surface area contributed by atoms with Crippen LogP contribution in [0, 0.1) is 0 Å². The van der Waals surface area contributed by atoms with Crippen LogP contribution >= 0.6 is 0 Å². The van der Waals surface area contributed by atoms with Crippen molar-refractivity contribution in [3.05, 3.63) is 47.8 Å². The Labute approximate surface area is 152 Å². The Kier molecular flexibility index (Phi) is 4.42. The molecule has 0 unspecified atom stereocenters. The SMILES string of the molecule is CC1(F)CCC(N2CCn3nc(COc4ccccc4)cc3C2=O)CC1. The minimum Gasteiger partial charge on any atom is -0.487 e. The quantitative estimate of drug-likeness (QED) is 0.840. The van der Waals surface area contributed by atoms with Crippen LogP contribution in [0.25, 0.3) is 0 Å². The van der Waals surface area contributed by atoms with Crippen LogP contribution < -0.4 is 4.74 Å². The second-order valence-electron chi connectivity index (χ2n) is 7.49. The molecular formula is C20H24FN3O2. The van der Waals surface area contributed by atoms with Gasteiger partial charge in [0.05, 0.1) is 6.54 Å². The first-order valence-corrected chi connectivity index (χ1v) is 9.26. The monoisotopic (exact) mass is 357 g/mol. The van der Waals surface area contributed by atoms with E-state index in [4.69, 9.17) is 4.74 Å². The van der Waals surface area contributed by atoms with E-state index in [0.29, 0.717) is 38.2 Å². The van der Waals surface area contributed by atoms with E-state index in [1.165, 1.54) is 0 Å². The normalized spacial score (nSPS) is 25.8. The van der Waals surface area contributed by atoms with Gasteiger partial charge >= 0.3 is 0 Å². The molecular weight excluding hydrogens is 333 g/mol. The number of hydrogen-bond acceptors (Lipinski definition) is 3. The highest BCUT2D eigenvalue weighted by Gasteiger charge is 2.37. The van der Waals surface area contributed by atoms with Crippen LogP contribution in [0.4, 0.5) is 4.39 Å². The maximum absolute atomic E-state index is 14.0. The number of fused-ring (bicyclic) bond motifs is 1. The molecule has 6 heteroatoms. The van der Waals surface area contributed by atoms with Crippen LogP contribution in [-0.4, -0.2) is 38.8 Å². The smallest absolute Gasteiger partial charge is 0.272 e. The van der Waals surface area contributed by atoms with Crippen molar-refractivity contribution >= 4 is 5.91 Å². The molecule has 0 spiro atoms. The molecule has 1 amide bonds. The van der Waals surface area contributed by atoms with Crippen molar-refractivity contribution in [1.29, 1.82) is 0 Å². The first-order chi connectivity index (χ1) is 12.5. The molecule has 0 N–H and O–H groups in total. The predicted molar refractivity (Wildman–Crippen MR) is 95.8 cm³/mol. The highest BCUT2D eigenvalue weighted by molar-refractivity contribution is 5.93. The lowest BCUT2D eigenvalue weighted by Gasteiger charge is -2.40. The van der Waals surface area contributed by atoms with Crippen LogP contribution in [0.2, 0.25) is 0 Å². The molecule has 2 aromatic rings. The summed E-state index contributed by atoms with van der Waals surface area (Å²) in [7, 11) is 0. The number of carbonyl (C=O) groups excluding carboxylic acids is 1. The van der Waals surface area contributed by atoms with Gasteiger partial charge in [0.1, 0.15) is 29.4 Å². The summed E-state index contributed by atoms with van der Waals surface area (Å²) in [6, 6.07) is 11.5. The summed E-state index contributed by atoms with van der Waals surface area (Å²) in [5.41, 5.74) is 0.273. The molecule has 0 bridgehead atoms. The minimum atomic E-state index is -1.08. The lowest BCUT2D eigenvalue weighted by molar-refractivity contribution is 0.0395. The van der Waals surface area contributed by atoms with E-state index in [2.05, 4.69) is 5.10 Å². The highest BCUT2D eigenvalue weighted by Crippen LogP contribution is 2.34. The zero-order chi connectivity index (χ0) is 18.1. The third-order valence-corrected chi connectivity index (χ3v) is 5.43. The number of carbonyl (C=O) groups is 1. The van der Waals surface area contributed by atoms with Crippen molar-refractivity contribution in [2.75, 3.05) is 6.54 Å². The number of hydrogen-bond donors (Lipinski definition) is 0. The number of para-hydroxylation sites is 1. The lowest BCUT2D eigenvalue weighted by atomic mass is 9.84. The molecule has 1 aromatic carbocycles. The van der Waals surface area contributed by atoms with Gasteiger partial charge in [-0.15, -0.1) is 0 Å². The second-order valence-corrected chi connectivity index (χ2v) is 7.49. The topological polar surface area (TPSA) is 47.4 Å². The molecule has 138 valence electrons. The van der Waals surface area contributed by atoms with Crippen LogP contribution in [0.15, 0.2) is 36.4 Å². The summed E-state index contributed by atoms with van der Waals surface area (Å²) in [4.78, 5) is 14.8. The van der Waals surface area contributed by atoms with Crippen LogP contribution in [0.5, 0.6) is 5.75 Å². The summed E-state index contributed by atoms with van der Waals surface area (Å²) in [5, 5.41) is 4.50. The number of nitrogens with zero attached hydrogens (tertiary/aromatic N) is 3. The minimum absolute atomic E-state index is 0.00201. The van der Waals surface area contributed by atoms with Crippen molar-refractivity contribution in [3.8, 4) is 5.75 Å². The van der Waals surface area contributed by atoms with Gasteiger partial charge in [0, 0.05) is 12.6 Å². The van der Waals surface area contributed by atoms with Crippen molar-refractivity contribution in [3.63, 3.8) is 0 Å². The van der Waals surface area contributed by atoms with Gasteiger partial charge in [0.2, 0.25) is 0 Å². The van der Waals surface area contributed by atoms with E-state index in [0.717, 1.165) is 24.3 Å². The number of rotatable bonds is 4. The van der Waals surface area contributed by atoms with Crippen molar-refractivity contribution in [1.82, 2.24) is 14.7 Å². The number of ether oxygens (including phenoxy) is 1. The van der Waals surface area contributed by atoms with E-state index in [-0.39, 0.29) is 11.9 Å². The molecule has 26 heavy (non-hydrogen) atoms. The second kappa shape index (κ2) is 6.74. The van der Waals surface area contributed by atoms with Crippen molar-refractivity contribution in [2.45, 2.75) is 57.5 Å². The molecule has 5 nitrogen and oxygen atoms in total. The third kappa shape index (κ3) is 3.45. The average molecular weight is 357 g/mol. The largest absolute Gasteiger partial charge is 0.487 e. The fourth-order valence-corrected chi connectivity index (χ4v) is 3.87. The Hall–Kier alpha value is -2.37. The summed E-state index contributed by atoms with van der Waals surface area (Å²) in [6.45, 7) is 3.31. The first-order valence-electron chi connectivity index (χ1n) is 9.26. The average Bonchev–Trinajstić information content (AvgIpc) is 3.06. The first kappa shape index (κ1) is 17.1. The summed E-state index contributed by atoms with van der Waals surface area (Å²) in [6.07, 6.45) is 2.52. The summed E-state index contributed by atoms with van der Waals surface area (Å²) in [5.74, 6) is 0.782. The number of alkyl halides is 1. The molecule has 0 atom stereocenters. The molecule has 0 saturated heterocycles. The summed E-state index contributed by atoms with van der Waals surface area (Å²) < 4.78 is 21.5. The van der Waals surface area contributed by atoms with Crippen LogP contribution in [0.1, 0.15) is 48.8 Å². The Morgan fingerprint density at radius 2 is 1.96 bits per heavy atom. The third-order valence-electron chi connectivity index (χ3n) is 5.43. The molecule has 2 aliphatic rings. The van der Waals surface area contributed by atoms with Gasteiger partial charge in [-0.3, -0.25) is 9.48 Å². The Morgan fingerprint density at radius 3 is 2.69 bits per heavy atom. The highest BCUT2D eigenvalue weighted by atomic mass is 19.1. The van der Waals surface area contributed by atoms with Crippen LogP contribution in [0.3, 0.4) is 0 Å². The van der Waals surface area contributed by atoms with E-state index in [1.54, 1.807) is 11.6 Å². The standard InChI is InChI=1S/C20H24FN3O2/c1-20(21)9-7-16(8-10-20)23-11-12-24-18(19(23)25)13-15(22-24)14-26-17-5-3-2-4-6-17/h2-6,13,16H,7-12,14H2,1H3. The van der Waals surface area contributed by atoms with Gasteiger partial charge in [-0.25, -0.2) is 4.39 Å². The van der Waals surface area contributed by atoms with E-state index in [9.17, 15) is 9.18 Å². The molecule has 4 rings (SSSR count). The Balaban J connectivity index is 1.43. The number of aromatic nitrogens is 2. The van der Waals surface area contributed by atoms with Gasteiger partial charge in [-0.2, -0.15) is 5.10 Å². The number of amides is 1. The fourth-order valence-electron chi connectivity index (χ4n) is 3.87. The van der Waals surface area contributed by atoms with E-state index < -0.39 is 5.67 Å². The van der Waals surface area contributed by atoms with E-state index >= 15 is 0 Å². The van der Waals surface area contributed by atoms with E-state index in [1.807, 2.05) is 41.3 Å². The molecule has 1 saturated carbocycles. The molecule has 0 radical (unpaired) electrons. The maximum atomic E-state index is 14.0. The van der Waals surface area contributed by atoms with Crippen molar-refractivity contribution < 1.29 is 13.9 Å². The van der Waals surface area contributed by atoms with Gasteiger partial charge in [0.15, 0.2) is 0 Å². The van der Waals surface area contributed by atoms with Gasteiger partial charge in [0.25, 0.3) is 5.91 Å². The Morgan fingerprint density at radius 1 is 1.23 bits per heavy atom. The molecule has 1 aliphatic carbocycles.